The van der Waals surface area contributed by atoms with Gasteiger partial charge in [-0.1, -0.05) is 41.9 Å². The third kappa shape index (κ3) is 3.38. The van der Waals surface area contributed by atoms with Crippen molar-refractivity contribution in [1.29, 1.82) is 0 Å². The fraction of sp³-hybridized carbons (Fsp3) is 0.438. The molecule has 1 atom stereocenters. The number of amides is 3. The molecule has 1 aromatic rings. The van der Waals surface area contributed by atoms with Crippen LogP contribution < -0.4 is 5.32 Å². The number of imide groups is 1. The van der Waals surface area contributed by atoms with E-state index in [1.807, 2.05) is 13.8 Å². The lowest BCUT2D eigenvalue weighted by Crippen LogP contribution is -2.45. The van der Waals surface area contributed by atoms with Crippen molar-refractivity contribution in [3.05, 3.63) is 34.3 Å². The largest absolute Gasteiger partial charge is 0.325 e. The van der Waals surface area contributed by atoms with Gasteiger partial charge in [0, 0.05) is 10.0 Å². The molecule has 0 spiro atoms. The van der Waals surface area contributed by atoms with E-state index in [4.69, 9.17) is 0 Å². The molecule has 1 N–H and O–H groups in total. The van der Waals surface area contributed by atoms with Crippen molar-refractivity contribution in [2.45, 2.75) is 32.7 Å². The first-order chi connectivity index (χ1) is 10.2. The molecular formula is C16H19BrN2O3. The van der Waals surface area contributed by atoms with Crippen LogP contribution in [0.5, 0.6) is 0 Å². The van der Waals surface area contributed by atoms with E-state index in [-0.39, 0.29) is 24.2 Å². The Bertz CT molecular complexity index is 612. The van der Waals surface area contributed by atoms with Crippen LogP contribution in [-0.2, 0) is 4.79 Å². The Balaban J connectivity index is 2.13. The Labute approximate surface area is 138 Å². The molecule has 1 fully saturated rings. The second kappa shape index (κ2) is 6.20. The SMILES string of the molecule is CC(C)C[C@]1(C)NC(=O)N(CC(=O)c2ccc(Br)cc2)C1=O. The molecule has 1 aromatic carbocycles. The molecule has 1 heterocycles. The number of halogens is 1. The highest BCUT2D eigenvalue weighted by molar-refractivity contribution is 9.10. The van der Waals surface area contributed by atoms with E-state index in [1.165, 1.54) is 0 Å². The number of ketones is 1. The fourth-order valence-corrected chi connectivity index (χ4v) is 2.98. The van der Waals surface area contributed by atoms with E-state index >= 15 is 0 Å². The lowest BCUT2D eigenvalue weighted by atomic mass is 9.91. The van der Waals surface area contributed by atoms with Crippen molar-refractivity contribution < 1.29 is 14.4 Å². The average Bonchev–Trinajstić information content (AvgIpc) is 2.62. The normalized spacial score (nSPS) is 21.4. The maximum absolute atomic E-state index is 12.5. The molecule has 1 saturated heterocycles. The summed E-state index contributed by atoms with van der Waals surface area (Å²) in [6.07, 6.45) is 0.542. The molecule has 22 heavy (non-hydrogen) atoms. The first kappa shape index (κ1) is 16.7. The van der Waals surface area contributed by atoms with Crippen LogP contribution in [0.3, 0.4) is 0 Å². The van der Waals surface area contributed by atoms with Gasteiger partial charge < -0.3 is 5.32 Å². The van der Waals surface area contributed by atoms with Crippen LogP contribution in [0.25, 0.3) is 0 Å². The molecule has 1 aliphatic rings. The Hall–Kier alpha value is -1.69. The average molecular weight is 367 g/mol. The minimum absolute atomic E-state index is 0.236. The number of benzene rings is 1. The number of carbonyl (C=O) groups is 3. The molecule has 0 unspecified atom stereocenters. The summed E-state index contributed by atoms with van der Waals surface area (Å²) in [6, 6.07) is 6.33. The van der Waals surface area contributed by atoms with Crippen LogP contribution in [0.4, 0.5) is 4.79 Å². The summed E-state index contributed by atoms with van der Waals surface area (Å²) in [6.45, 7) is 5.44. The van der Waals surface area contributed by atoms with E-state index in [0.29, 0.717) is 12.0 Å². The second-order valence-electron chi connectivity index (χ2n) is 6.18. The molecule has 2 rings (SSSR count). The van der Waals surface area contributed by atoms with Gasteiger partial charge >= 0.3 is 6.03 Å². The molecule has 6 heteroatoms. The number of Topliss-reactive ketones (excluding diaryl/α,β-unsaturated/α-hetero) is 1. The lowest BCUT2D eigenvalue weighted by Gasteiger charge is -2.23. The van der Waals surface area contributed by atoms with Crippen molar-refractivity contribution in [3.63, 3.8) is 0 Å². The van der Waals surface area contributed by atoms with E-state index < -0.39 is 11.6 Å². The van der Waals surface area contributed by atoms with Gasteiger partial charge in [-0.3, -0.25) is 14.5 Å². The summed E-state index contributed by atoms with van der Waals surface area (Å²) in [7, 11) is 0. The van der Waals surface area contributed by atoms with E-state index in [2.05, 4.69) is 21.2 Å². The van der Waals surface area contributed by atoms with Gasteiger partial charge in [0.2, 0.25) is 0 Å². The third-order valence-electron chi connectivity index (χ3n) is 3.63. The minimum Gasteiger partial charge on any atom is -0.323 e. The van der Waals surface area contributed by atoms with Gasteiger partial charge in [0.25, 0.3) is 5.91 Å². The highest BCUT2D eigenvalue weighted by Gasteiger charge is 2.48. The molecular weight excluding hydrogens is 348 g/mol. The molecule has 5 nitrogen and oxygen atoms in total. The first-order valence-corrected chi connectivity index (χ1v) is 7.95. The van der Waals surface area contributed by atoms with Crippen LogP contribution in [0.2, 0.25) is 0 Å². The van der Waals surface area contributed by atoms with E-state index in [0.717, 1.165) is 9.37 Å². The van der Waals surface area contributed by atoms with Gasteiger partial charge in [-0.2, -0.15) is 0 Å². The Kier molecular flexibility index (Phi) is 4.70. The summed E-state index contributed by atoms with van der Waals surface area (Å²) in [5, 5.41) is 2.71. The molecule has 0 saturated carbocycles. The standard InChI is InChI=1S/C16H19BrN2O3/c1-10(2)8-16(3)14(21)19(15(22)18-16)9-13(20)11-4-6-12(17)7-5-11/h4-7,10H,8-9H2,1-3H3,(H,18,22)/t16-/m0/s1. The van der Waals surface area contributed by atoms with Crippen molar-refractivity contribution in [2.75, 3.05) is 6.54 Å². The number of urea groups is 1. The quantitative estimate of drug-likeness (QED) is 0.643. The van der Waals surface area contributed by atoms with Crippen LogP contribution in [0, 0.1) is 5.92 Å². The van der Waals surface area contributed by atoms with Crippen molar-refractivity contribution >= 4 is 33.7 Å². The number of rotatable bonds is 5. The summed E-state index contributed by atoms with van der Waals surface area (Å²) >= 11 is 3.30. The lowest BCUT2D eigenvalue weighted by molar-refractivity contribution is -0.131. The number of carbonyl (C=O) groups excluding carboxylic acids is 3. The van der Waals surface area contributed by atoms with Crippen LogP contribution in [-0.4, -0.2) is 34.7 Å². The van der Waals surface area contributed by atoms with Gasteiger partial charge in [-0.05, 0) is 31.4 Å². The van der Waals surface area contributed by atoms with Gasteiger partial charge in [0.15, 0.2) is 5.78 Å². The van der Waals surface area contributed by atoms with Crippen molar-refractivity contribution in [2.24, 2.45) is 5.92 Å². The van der Waals surface area contributed by atoms with Gasteiger partial charge in [-0.15, -0.1) is 0 Å². The zero-order valence-electron chi connectivity index (χ0n) is 12.9. The highest BCUT2D eigenvalue weighted by atomic mass is 79.9. The zero-order chi connectivity index (χ0) is 16.5. The second-order valence-corrected chi connectivity index (χ2v) is 7.10. The molecule has 0 bridgehead atoms. The minimum atomic E-state index is -0.925. The van der Waals surface area contributed by atoms with Crippen molar-refractivity contribution in [3.8, 4) is 0 Å². The maximum atomic E-state index is 12.5. The number of hydrogen-bond donors (Lipinski definition) is 1. The van der Waals surface area contributed by atoms with Crippen LogP contribution in [0.15, 0.2) is 28.7 Å². The monoisotopic (exact) mass is 366 g/mol. The summed E-state index contributed by atoms with van der Waals surface area (Å²) in [5.41, 5.74) is -0.452. The van der Waals surface area contributed by atoms with Crippen molar-refractivity contribution in [1.82, 2.24) is 10.2 Å². The van der Waals surface area contributed by atoms with E-state index in [1.54, 1.807) is 31.2 Å². The zero-order valence-corrected chi connectivity index (χ0v) is 14.4. The molecule has 118 valence electrons. The Morgan fingerprint density at radius 3 is 2.41 bits per heavy atom. The number of nitrogens with zero attached hydrogens (tertiary/aromatic N) is 1. The molecule has 0 aliphatic carbocycles. The predicted octanol–water partition coefficient (Wildman–Crippen LogP) is 2.99. The fourth-order valence-electron chi connectivity index (χ4n) is 2.72. The first-order valence-electron chi connectivity index (χ1n) is 7.16. The predicted molar refractivity (Wildman–Crippen MR) is 86.6 cm³/mol. The summed E-state index contributed by atoms with van der Waals surface area (Å²) in [5.74, 6) is -0.335. The van der Waals surface area contributed by atoms with E-state index in [9.17, 15) is 14.4 Å². The maximum Gasteiger partial charge on any atom is 0.325 e. The summed E-state index contributed by atoms with van der Waals surface area (Å²) in [4.78, 5) is 37.8. The molecule has 1 aliphatic heterocycles. The topological polar surface area (TPSA) is 66.5 Å². The van der Waals surface area contributed by atoms with Gasteiger partial charge in [-0.25, -0.2) is 4.79 Å². The molecule has 3 amide bonds. The Morgan fingerprint density at radius 2 is 1.86 bits per heavy atom. The molecule has 0 aromatic heterocycles. The molecule has 0 radical (unpaired) electrons. The third-order valence-corrected chi connectivity index (χ3v) is 4.16. The number of hydrogen-bond acceptors (Lipinski definition) is 3. The Morgan fingerprint density at radius 1 is 1.27 bits per heavy atom. The number of nitrogens with one attached hydrogen (secondary N) is 1. The van der Waals surface area contributed by atoms with Gasteiger partial charge in [0.05, 0.1) is 6.54 Å². The summed E-state index contributed by atoms with van der Waals surface area (Å²) < 4.78 is 0.864. The highest BCUT2D eigenvalue weighted by Crippen LogP contribution is 2.25. The van der Waals surface area contributed by atoms with Crippen LogP contribution in [0.1, 0.15) is 37.6 Å². The smallest absolute Gasteiger partial charge is 0.323 e. The van der Waals surface area contributed by atoms with Crippen LogP contribution >= 0.6 is 15.9 Å². The van der Waals surface area contributed by atoms with Gasteiger partial charge in [0.1, 0.15) is 5.54 Å².